The van der Waals surface area contributed by atoms with Gasteiger partial charge in [-0.05, 0) is 23.8 Å². The zero-order valence-corrected chi connectivity index (χ0v) is 9.32. The van der Waals surface area contributed by atoms with Crippen LogP contribution in [-0.4, -0.2) is 19.0 Å². The molecule has 0 radical (unpaired) electrons. The number of nitrogens with two attached hydrogens (primary N) is 1. The molecule has 0 fully saturated rings. The Kier molecular flexibility index (Phi) is 4.08. The smallest absolute Gasteiger partial charge is 0.339 e. The number of halogens is 1. The molecule has 1 amide bonds. The minimum Gasteiger partial charge on any atom is -0.465 e. The monoisotopic (exact) mass is 239 g/mol. The number of hydrogen-bond acceptors (Lipinski definition) is 3. The van der Waals surface area contributed by atoms with Gasteiger partial charge in [0.15, 0.2) is 0 Å². The van der Waals surface area contributed by atoms with Crippen molar-refractivity contribution < 1.29 is 14.3 Å². The van der Waals surface area contributed by atoms with Gasteiger partial charge in [0.2, 0.25) is 5.91 Å². The molecular weight excluding hydrogens is 230 g/mol. The molecule has 0 saturated heterocycles. The third-order valence-electron chi connectivity index (χ3n) is 1.84. The van der Waals surface area contributed by atoms with E-state index in [0.717, 1.165) is 0 Å². The predicted molar refractivity (Wildman–Crippen MR) is 61.0 cm³/mol. The fourth-order valence-corrected chi connectivity index (χ4v) is 1.29. The quantitative estimate of drug-likeness (QED) is 0.644. The van der Waals surface area contributed by atoms with Crippen LogP contribution < -0.4 is 5.73 Å². The van der Waals surface area contributed by atoms with Crippen molar-refractivity contribution in [3.63, 3.8) is 0 Å². The van der Waals surface area contributed by atoms with Crippen LogP contribution in [-0.2, 0) is 9.53 Å². The summed E-state index contributed by atoms with van der Waals surface area (Å²) in [6.07, 6.45) is 2.69. The number of primary amides is 1. The Morgan fingerprint density at radius 2 is 2.12 bits per heavy atom. The van der Waals surface area contributed by atoms with Gasteiger partial charge in [-0.1, -0.05) is 17.7 Å². The Morgan fingerprint density at radius 3 is 2.69 bits per heavy atom. The van der Waals surface area contributed by atoms with Crippen LogP contribution >= 0.6 is 11.6 Å². The Bertz CT molecular complexity index is 455. The molecule has 0 atom stereocenters. The molecule has 0 bridgehead atoms. The van der Waals surface area contributed by atoms with Gasteiger partial charge in [0.1, 0.15) is 0 Å². The molecule has 0 aromatic heterocycles. The van der Waals surface area contributed by atoms with E-state index in [1.807, 2.05) is 0 Å². The number of benzene rings is 1. The van der Waals surface area contributed by atoms with Gasteiger partial charge >= 0.3 is 5.97 Å². The van der Waals surface area contributed by atoms with Gasteiger partial charge in [-0.3, -0.25) is 4.79 Å². The Labute approximate surface area is 97.6 Å². The van der Waals surface area contributed by atoms with Crippen molar-refractivity contribution in [2.24, 2.45) is 5.73 Å². The second-order valence-electron chi connectivity index (χ2n) is 2.97. The van der Waals surface area contributed by atoms with Crippen LogP contribution in [0.5, 0.6) is 0 Å². The van der Waals surface area contributed by atoms with Crippen LogP contribution in [0.25, 0.3) is 6.08 Å². The summed E-state index contributed by atoms with van der Waals surface area (Å²) in [6, 6.07) is 4.73. The molecule has 4 nitrogen and oxygen atoms in total. The lowest BCUT2D eigenvalue weighted by atomic mass is 10.1. The van der Waals surface area contributed by atoms with Gasteiger partial charge in [0.05, 0.1) is 17.7 Å². The van der Waals surface area contributed by atoms with Crippen molar-refractivity contribution in [1.29, 1.82) is 0 Å². The van der Waals surface area contributed by atoms with E-state index in [-0.39, 0.29) is 5.56 Å². The van der Waals surface area contributed by atoms with Crippen molar-refractivity contribution in [3.8, 4) is 0 Å². The number of hydrogen-bond donors (Lipinski definition) is 1. The van der Waals surface area contributed by atoms with Gasteiger partial charge in [-0.15, -0.1) is 0 Å². The molecule has 1 rings (SSSR count). The molecule has 0 saturated carbocycles. The van der Waals surface area contributed by atoms with E-state index in [9.17, 15) is 9.59 Å². The van der Waals surface area contributed by atoms with Gasteiger partial charge < -0.3 is 10.5 Å². The summed E-state index contributed by atoms with van der Waals surface area (Å²) in [4.78, 5) is 21.8. The van der Waals surface area contributed by atoms with Crippen molar-refractivity contribution in [1.82, 2.24) is 0 Å². The molecule has 0 heterocycles. The molecule has 0 aliphatic rings. The number of carbonyl (C=O) groups is 2. The molecular formula is C11H10ClNO3. The summed E-state index contributed by atoms with van der Waals surface area (Å²) >= 11 is 5.82. The first-order valence-corrected chi connectivity index (χ1v) is 4.77. The maximum Gasteiger partial charge on any atom is 0.339 e. The molecule has 2 N–H and O–H groups in total. The van der Waals surface area contributed by atoms with Crippen LogP contribution in [0.1, 0.15) is 15.9 Å². The molecule has 0 aliphatic carbocycles. The van der Waals surface area contributed by atoms with Gasteiger partial charge in [0.25, 0.3) is 0 Å². The highest BCUT2D eigenvalue weighted by Gasteiger charge is 2.10. The number of methoxy groups -OCH3 is 1. The number of rotatable bonds is 3. The highest BCUT2D eigenvalue weighted by molar-refractivity contribution is 6.33. The number of amides is 1. The Balaban J connectivity index is 3.07. The lowest BCUT2D eigenvalue weighted by Gasteiger charge is -2.03. The minimum absolute atomic E-state index is 0.246. The average Bonchev–Trinajstić information content (AvgIpc) is 2.27. The summed E-state index contributed by atoms with van der Waals surface area (Å²) in [7, 11) is 1.27. The van der Waals surface area contributed by atoms with Gasteiger partial charge in [-0.2, -0.15) is 0 Å². The van der Waals surface area contributed by atoms with E-state index < -0.39 is 11.9 Å². The third kappa shape index (κ3) is 3.10. The first kappa shape index (κ1) is 12.3. The normalized spacial score (nSPS) is 10.4. The largest absolute Gasteiger partial charge is 0.465 e. The molecule has 1 aromatic carbocycles. The Hall–Kier alpha value is -1.81. The highest BCUT2D eigenvalue weighted by atomic mass is 35.5. The lowest BCUT2D eigenvalue weighted by molar-refractivity contribution is -0.113. The zero-order valence-electron chi connectivity index (χ0n) is 8.57. The van der Waals surface area contributed by atoms with Crippen LogP contribution in [0.3, 0.4) is 0 Å². The number of carbonyl (C=O) groups excluding carboxylic acids is 2. The fraction of sp³-hybridized carbons (Fsp3) is 0.0909. The summed E-state index contributed by atoms with van der Waals surface area (Å²) in [6.45, 7) is 0. The predicted octanol–water partition coefficient (Wildman–Crippen LogP) is 1.63. The van der Waals surface area contributed by atoms with Crippen molar-refractivity contribution >= 4 is 29.6 Å². The number of ether oxygens (including phenoxy) is 1. The van der Waals surface area contributed by atoms with Crippen LogP contribution in [0.4, 0.5) is 0 Å². The maximum absolute atomic E-state index is 11.3. The molecule has 16 heavy (non-hydrogen) atoms. The highest BCUT2D eigenvalue weighted by Crippen LogP contribution is 2.19. The standard InChI is InChI=1S/C11H10ClNO3/c1-16-11(15)8-6-7(2-4-9(8)12)3-5-10(13)14/h2-6H,1H3,(H2,13,14). The van der Waals surface area contributed by atoms with Crippen LogP contribution in [0, 0.1) is 0 Å². The SMILES string of the molecule is COC(=O)c1cc(C=CC(N)=O)ccc1Cl. The second-order valence-corrected chi connectivity index (χ2v) is 3.37. The fourth-order valence-electron chi connectivity index (χ4n) is 1.09. The molecule has 5 heteroatoms. The average molecular weight is 240 g/mol. The van der Waals surface area contributed by atoms with E-state index in [2.05, 4.69) is 4.74 Å². The minimum atomic E-state index is -0.561. The van der Waals surface area contributed by atoms with E-state index in [4.69, 9.17) is 17.3 Å². The Morgan fingerprint density at radius 1 is 1.44 bits per heavy atom. The van der Waals surface area contributed by atoms with Crippen molar-refractivity contribution in [2.45, 2.75) is 0 Å². The first-order chi connectivity index (χ1) is 7.54. The van der Waals surface area contributed by atoms with Gasteiger partial charge in [-0.25, -0.2) is 4.79 Å². The maximum atomic E-state index is 11.3. The third-order valence-corrected chi connectivity index (χ3v) is 2.17. The van der Waals surface area contributed by atoms with Gasteiger partial charge in [0, 0.05) is 6.08 Å². The zero-order chi connectivity index (χ0) is 12.1. The van der Waals surface area contributed by atoms with Crippen LogP contribution in [0.2, 0.25) is 5.02 Å². The summed E-state index contributed by atoms with van der Waals surface area (Å²) in [5, 5.41) is 0.295. The summed E-state index contributed by atoms with van der Waals surface area (Å²) in [5.74, 6) is -1.09. The topological polar surface area (TPSA) is 69.4 Å². The lowest BCUT2D eigenvalue weighted by Crippen LogP contribution is -2.05. The molecule has 0 aliphatic heterocycles. The van der Waals surface area contributed by atoms with Crippen molar-refractivity contribution in [2.75, 3.05) is 7.11 Å². The van der Waals surface area contributed by atoms with Crippen molar-refractivity contribution in [3.05, 3.63) is 40.4 Å². The van der Waals surface area contributed by atoms with Crippen LogP contribution in [0.15, 0.2) is 24.3 Å². The van der Waals surface area contributed by atoms with E-state index >= 15 is 0 Å². The van der Waals surface area contributed by atoms with E-state index in [1.165, 1.54) is 25.3 Å². The molecule has 0 unspecified atom stereocenters. The summed E-state index contributed by atoms with van der Waals surface area (Å²) < 4.78 is 4.56. The molecule has 0 spiro atoms. The molecule has 1 aromatic rings. The summed E-state index contributed by atoms with van der Waals surface area (Å²) in [5.41, 5.74) is 5.84. The second kappa shape index (κ2) is 5.32. The number of esters is 1. The first-order valence-electron chi connectivity index (χ1n) is 4.40. The molecule has 84 valence electrons. The van der Waals surface area contributed by atoms with E-state index in [0.29, 0.717) is 10.6 Å². The van der Waals surface area contributed by atoms with E-state index in [1.54, 1.807) is 12.1 Å².